The molecular formula is C11H17ClN4O. The minimum atomic E-state index is -0.168. The van der Waals surface area contributed by atoms with Crippen molar-refractivity contribution in [3.05, 3.63) is 18.2 Å². The number of halogens is 1. The summed E-state index contributed by atoms with van der Waals surface area (Å²) >= 11 is 5.47. The lowest BCUT2D eigenvalue weighted by Gasteiger charge is -2.09. The van der Waals surface area contributed by atoms with Crippen LogP contribution in [0.15, 0.2) is 12.4 Å². The Balaban J connectivity index is 1.70. The van der Waals surface area contributed by atoms with Gasteiger partial charge in [0.15, 0.2) is 0 Å². The smallest absolute Gasteiger partial charge is 0.314 e. The van der Waals surface area contributed by atoms with Crippen LogP contribution in [0.2, 0.25) is 0 Å². The van der Waals surface area contributed by atoms with Crippen molar-refractivity contribution in [1.29, 1.82) is 0 Å². The summed E-state index contributed by atoms with van der Waals surface area (Å²) < 4.78 is 2.11. The van der Waals surface area contributed by atoms with E-state index in [0.717, 1.165) is 12.4 Å². The summed E-state index contributed by atoms with van der Waals surface area (Å²) in [5.41, 5.74) is 0. The van der Waals surface area contributed by atoms with Gasteiger partial charge in [0.05, 0.1) is 0 Å². The highest BCUT2D eigenvalue weighted by atomic mass is 35.5. The summed E-state index contributed by atoms with van der Waals surface area (Å²) in [5.74, 6) is 2.21. The molecule has 94 valence electrons. The largest absolute Gasteiger partial charge is 0.337 e. The molecule has 0 saturated heterocycles. The lowest BCUT2D eigenvalue weighted by atomic mass is 10.4. The van der Waals surface area contributed by atoms with Gasteiger partial charge in [0, 0.05) is 43.8 Å². The number of rotatable bonds is 6. The molecule has 17 heavy (non-hydrogen) atoms. The fourth-order valence-electron chi connectivity index (χ4n) is 1.72. The molecule has 1 heterocycles. The van der Waals surface area contributed by atoms with Crippen LogP contribution in [-0.2, 0) is 6.54 Å². The molecule has 1 fully saturated rings. The molecule has 0 aliphatic heterocycles. The number of amides is 2. The molecule has 1 aromatic rings. The van der Waals surface area contributed by atoms with Crippen LogP contribution < -0.4 is 10.6 Å². The molecule has 0 bridgehead atoms. The number of aromatic nitrogens is 2. The molecule has 2 amide bonds. The summed E-state index contributed by atoms with van der Waals surface area (Å²) in [4.78, 5) is 15.6. The van der Waals surface area contributed by atoms with E-state index in [-0.39, 0.29) is 6.03 Å². The molecule has 0 spiro atoms. The first kappa shape index (κ1) is 12.2. The molecule has 1 saturated carbocycles. The molecule has 2 rings (SSSR count). The topological polar surface area (TPSA) is 59.0 Å². The van der Waals surface area contributed by atoms with Crippen LogP contribution in [0.3, 0.4) is 0 Å². The maximum atomic E-state index is 11.3. The number of carbonyl (C=O) groups is 1. The second-order valence-electron chi connectivity index (χ2n) is 4.12. The van der Waals surface area contributed by atoms with Crippen molar-refractivity contribution in [3.8, 4) is 0 Å². The zero-order valence-corrected chi connectivity index (χ0v) is 10.4. The third-order valence-electron chi connectivity index (χ3n) is 2.71. The van der Waals surface area contributed by atoms with Gasteiger partial charge in [0.1, 0.15) is 5.82 Å². The van der Waals surface area contributed by atoms with Gasteiger partial charge in [0.25, 0.3) is 0 Å². The molecular weight excluding hydrogens is 240 g/mol. The van der Waals surface area contributed by atoms with Crippen molar-refractivity contribution in [2.45, 2.75) is 25.3 Å². The lowest BCUT2D eigenvalue weighted by molar-refractivity contribution is 0.241. The zero-order valence-electron chi connectivity index (χ0n) is 9.66. The van der Waals surface area contributed by atoms with Gasteiger partial charge in [-0.15, -0.1) is 11.6 Å². The first-order valence-electron chi connectivity index (χ1n) is 5.90. The first-order valence-corrected chi connectivity index (χ1v) is 6.43. The Morgan fingerprint density at radius 3 is 2.94 bits per heavy atom. The van der Waals surface area contributed by atoms with Crippen LogP contribution in [0.1, 0.15) is 24.6 Å². The van der Waals surface area contributed by atoms with Crippen LogP contribution in [-0.4, -0.2) is 34.6 Å². The van der Waals surface area contributed by atoms with E-state index in [1.165, 1.54) is 12.8 Å². The van der Waals surface area contributed by atoms with E-state index < -0.39 is 0 Å². The Hall–Kier alpha value is -1.23. The third kappa shape index (κ3) is 3.63. The van der Waals surface area contributed by atoms with Gasteiger partial charge in [-0.05, 0) is 12.8 Å². The van der Waals surface area contributed by atoms with Crippen LogP contribution in [0, 0.1) is 0 Å². The molecule has 6 heteroatoms. The van der Waals surface area contributed by atoms with Crippen LogP contribution in [0.5, 0.6) is 0 Å². The summed E-state index contributed by atoms with van der Waals surface area (Å²) in [6.45, 7) is 1.86. The summed E-state index contributed by atoms with van der Waals surface area (Å²) in [7, 11) is 0. The van der Waals surface area contributed by atoms with Crippen LogP contribution >= 0.6 is 11.6 Å². The van der Waals surface area contributed by atoms with Gasteiger partial charge >= 0.3 is 6.03 Å². The Labute approximate surface area is 106 Å². The van der Waals surface area contributed by atoms with Gasteiger partial charge in [-0.2, -0.15) is 0 Å². The van der Waals surface area contributed by atoms with Crippen molar-refractivity contribution in [1.82, 2.24) is 20.2 Å². The van der Waals surface area contributed by atoms with Gasteiger partial charge < -0.3 is 15.2 Å². The minimum absolute atomic E-state index is 0.168. The molecule has 0 radical (unpaired) electrons. The monoisotopic (exact) mass is 256 g/mol. The number of nitrogens with one attached hydrogen (secondary N) is 2. The molecule has 0 unspecified atom stereocenters. The molecule has 1 aliphatic rings. The Morgan fingerprint density at radius 1 is 1.47 bits per heavy atom. The van der Waals surface area contributed by atoms with Crippen molar-refractivity contribution >= 4 is 17.6 Å². The van der Waals surface area contributed by atoms with Gasteiger partial charge in [-0.25, -0.2) is 9.78 Å². The summed E-state index contributed by atoms with van der Waals surface area (Å²) in [5, 5.41) is 5.44. The quantitative estimate of drug-likeness (QED) is 0.754. The van der Waals surface area contributed by atoms with Crippen molar-refractivity contribution in [2.75, 3.05) is 19.0 Å². The highest BCUT2D eigenvalue weighted by Crippen LogP contribution is 2.38. The molecule has 5 nitrogen and oxygen atoms in total. The van der Waals surface area contributed by atoms with E-state index in [9.17, 15) is 4.79 Å². The predicted octanol–water partition coefficient (Wildman–Crippen LogP) is 1.30. The second-order valence-corrected chi connectivity index (χ2v) is 4.50. The van der Waals surface area contributed by atoms with Crippen molar-refractivity contribution < 1.29 is 4.79 Å². The molecule has 2 N–H and O–H groups in total. The average molecular weight is 257 g/mol. The Kier molecular flexibility index (Phi) is 4.25. The summed E-state index contributed by atoms with van der Waals surface area (Å²) in [6.07, 6.45) is 6.26. The minimum Gasteiger partial charge on any atom is -0.337 e. The number of hydrogen-bond donors (Lipinski definition) is 2. The predicted molar refractivity (Wildman–Crippen MR) is 66.3 cm³/mol. The number of nitrogens with zero attached hydrogens (tertiary/aromatic N) is 2. The lowest BCUT2D eigenvalue weighted by Crippen LogP contribution is -2.38. The molecule has 0 atom stereocenters. The van der Waals surface area contributed by atoms with Crippen LogP contribution in [0.25, 0.3) is 0 Å². The highest BCUT2D eigenvalue weighted by molar-refractivity contribution is 6.18. The van der Waals surface area contributed by atoms with Gasteiger partial charge in [-0.3, -0.25) is 0 Å². The Morgan fingerprint density at radius 2 is 2.24 bits per heavy atom. The van der Waals surface area contributed by atoms with E-state index in [1.54, 1.807) is 0 Å². The average Bonchev–Trinajstić information content (AvgIpc) is 3.07. The molecule has 1 aromatic heterocycles. The van der Waals surface area contributed by atoms with E-state index in [4.69, 9.17) is 11.6 Å². The van der Waals surface area contributed by atoms with E-state index in [1.807, 2.05) is 12.4 Å². The number of alkyl halides is 1. The van der Waals surface area contributed by atoms with E-state index >= 15 is 0 Å². The maximum Gasteiger partial charge on any atom is 0.314 e. The number of carbonyl (C=O) groups excluding carboxylic acids is 1. The van der Waals surface area contributed by atoms with Crippen LogP contribution in [0.4, 0.5) is 4.79 Å². The second kappa shape index (κ2) is 5.91. The first-order chi connectivity index (χ1) is 8.31. The molecule has 1 aliphatic carbocycles. The highest BCUT2D eigenvalue weighted by Gasteiger charge is 2.27. The number of hydrogen-bond acceptors (Lipinski definition) is 2. The normalized spacial score (nSPS) is 14.6. The fraction of sp³-hybridized carbons (Fsp3) is 0.636. The standard InChI is InChI=1S/C11H17ClN4O/c12-3-4-14-11(17)15-6-8-16-7-5-13-10(16)9-1-2-9/h5,7,9H,1-4,6,8H2,(H2,14,15,17). The maximum absolute atomic E-state index is 11.3. The Bertz CT molecular complexity index is 375. The van der Waals surface area contributed by atoms with Gasteiger partial charge in [-0.1, -0.05) is 0 Å². The van der Waals surface area contributed by atoms with E-state index in [0.29, 0.717) is 24.9 Å². The SMILES string of the molecule is O=C(NCCCl)NCCn1ccnc1C1CC1. The van der Waals surface area contributed by atoms with Crippen molar-refractivity contribution in [2.24, 2.45) is 0 Å². The van der Waals surface area contributed by atoms with Gasteiger partial charge in [0.2, 0.25) is 0 Å². The van der Waals surface area contributed by atoms with Crippen molar-refractivity contribution in [3.63, 3.8) is 0 Å². The summed E-state index contributed by atoms with van der Waals surface area (Å²) in [6, 6.07) is -0.168. The third-order valence-corrected chi connectivity index (χ3v) is 2.90. The zero-order chi connectivity index (χ0) is 12.1. The number of urea groups is 1. The van der Waals surface area contributed by atoms with E-state index in [2.05, 4.69) is 20.2 Å². The number of imidazole rings is 1. The molecule has 0 aromatic carbocycles. The fourth-order valence-corrected chi connectivity index (χ4v) is 1.82.